The summed E-state index contributed by atoms with van der Waals surface area (Å²) in [5.41, 5.74) is 8.98. The van der Waals surface area contributed by atoms with Gasteiger partial charge in [-0.2, -0.15) is 0 Å². The third kappa shape index (κ3) is 5.63. The smallest absolute Gasteiger partial charge is 0.305 e. The van der Waals surface area contributed by atoms with Crippen molar-refractivity contribution in [1.82, 2.24) is 10.3 Å². The first kappa shape index (κ1) is 25.8. The number of nitrogens with zero attached hydrogens (tertiary/aromatic N) is 2. The second-order valence-corrected chi connectivity index (χ2v) is 11.1. The number of fused-ring (bicyclic) bond motifs is 2. The molecule has 200 valence electrons. The molecule has 0 saturated carbocycles. The van der Waals surface area contributed by atoms with E-state index in [1.807, 2.05) is 12.1 Å². The summed E-state index contributed by atoms with van der Waals surface area (Å²) in [6, 6.07) is 30.1. The van der Waals surface area contributed by atoms with Crippen molar-refractivity contribution in [3.8, 4) is 11.3 Å². The molecule has 1 aliphatic carbocycles. The number of hydrogen-bond donors (Lipinski definition) is 2. The monoisotopic (exact) mass is 545 g/mol. The fraction of sp³-hybridized carbons (Fsp3) is 0.176. The molecular weight excluding hydrogens is 514 g/mol. The number of carbonyl (C=O) groups is 1. The SMILES string of the molecule is C=C(NCCC(=O)O)c1ccc(CN(c2ccc3c(c2)CCC3)c2nc(-c3ccc4ccccc4c3)cs2)cc1. The summed E-state index contributed by atoms with van der Waals surface area (Å²) in [6.07, 6.45) is 3.56. The van der Waals surface area contributed by atoms with Crippen molar-refractivity contribution in [3.63, 3.8) is 0 Å². The van der Waals surface area contributed by atoms with Crippen LogP contribution in [0.3, 0.4) is 0 Å². The van der Waals surface area contributed by atoms with Crippen molar-refractivity contribution in [1.29, 1.82) is 0 Å². The predicted octanol–water partition coefficient (Wildman–Crippen LogP) is 7.83. The van der Waals surface area contributed by atoms with Gasteiger partial charge in [0.05, 0.1) is 18.7 Å². The Bertz CT molecular complexity index is 1690. The fourth-order valence-electron chi connectivity index (χ4n) is 5.28. The van der Waals surface area contributed by atoms with Crippen LogP contribution in [0.25, 0.3) is 27.7 Å². The van der Waals surface area contributed by atoms with Gasteiger partial charge in [0.15, 0.2) is 5.13 Å². The van der Waals surface area contributed by atoms with Gasteiger partial charge in [0.2, 0.25) is 0 Å². The predicted molar refractivity (Wildman–Crippen MR) is 165 cm³/mol. The van der Waals surface area contributed by atoms with Crippen molar-refractivity contribution < 1.29 is 9.90 Å². The van der Waals surface area contributed by atoms with Gasteiger partial charge in [0.1, 0.15) is 0 Å². The summed E-state index contributed by atoms with van der Waals surface area (Å²) in [5, 5.41) is 17.5. The molecule has 0 radical (unpaired) electrons. The number of carboxylic acids is 1. The van der Waals surface area contributed by atoms with Gasteiger partial charge in [-0.1, -0.05) is 73.3 Å². The van der Waals surface area contributed by atoms with Crippen LogP contribution < -0.4 is 10.2 Å². The van der Waals surface area contributed by atoms with Gasteiger partial charge >= 0.3 is 5.97 Å². The van der Waals surface area contributed by atoms with E-state index in [0.29, 0.717) is 13.1 Å². The molecule has 0 aliphatic heterocycles. The highest BCUT2D eigenvalue weighted by molar-refractivity contribution is 7.14. The molecule has 0 saturated heterocycles. The van der Waals surface area contributed by atoms with Crippen LogP contribution in [0.15, 0.2) is 96.9 Å². The molecule has 5 aromatic rings. The Morgan fingerprint density at radius 1 is 0.950 bits per heavy atom. The number of nitrogens with one attached hydrogen (secondary N) is 1. The van der Waals surface area contributed by atoms with Gasteiger partial charge in [-0.3, -0.25) is 4.79 Å². The number of benzene rings is 4. The topological polar surface area (TPSA) is 65.5 Å². The molecule has 0 atom stereocenters. The molecule has 0 unspecified atom stereocenters. The molecule has 0 bridgehead atoms. The Morgan fingerprint density at radius 3 is 2.58 bits per heavy atom. The summed E-state index contributed by atoms with van der Waals surface area (Å²) in [5.74, 6) is -0.826. The average molecular weight is 546 g/mol. The lowest BCUT2D eigenvalue weighted by atomic mass is 10.1. The third-order valence-electron chi connectivity index (χ3n) is 7.48. The molecule has 1 aliphatic rings. The average Bonchev–Trinajstić information content (AvgIpc) is 3.65. The van der Waals surface area contributed by atoms with Crippen LogP contribution in [-0.2, 0) is 24.2 Å². The second kappa shape index (κ2) is 11.4. The summed E-state index contributed by atoms with van der Waals surface area (Å²) in [7, 11) is 0. The lowest BCUT2D eigenvalue weighted by molar-refractivity contribution is -0.136. The van der Waals surface area contributed by atoms with Crippen LogP contribution in [0, 0.1) is 0 Å². The van der Waals surface area contributed by atoms with E-state index in [1.54, 1.807) is 11.3 Å². The Labute approximate surface area is 238 Å². The van der Waals surface area contributed by atoms with E-state index in [0.717, 1.165) is 51.7 Å². The van der Waals surface area contributed by atoms with Crippen LogP contribution >= 0.6 is 11.3 Å². The van der Waals surface area contributed by atoms with E-state index in [-0.39, 0.29) is 6.42 Å². The van der Waals surface area contributed by atoms with Crippen molar-refractivity contribution in [2.45, 2.75) is 32.2 Å². The van der Waals surface area contributed by atoms with Crippen LogP contribution in [0.5, 0.6) is 0 Å². The van der Waals surface area contributed by atoms with Gasteiger partial charge in [-0.15, -0.1) is 11.3 Å². The summed E-state index contributed by atoms with van der Waals surface area (Å²) >= 11 is 1.67. The van der Waals surface area contributed by atoms with Crippen LogP contribution in [0.4, 0.5) is 10.8 Å². The van der Waals surface area contributed by atoms with Gasteiger partial charge in [0.25, 0.3) is 0 Å². The van der Waals surface area contributed by atoms with Gasteiger partial charge in [0, 0.05) is 28.9 Å². The molecule has 0 amide bonds. The first-order chi connectivity index (χ1) is 19.5. The van der Waals surface area contributed by atoms with E-state index in [2.05, 4.69) is 95.0 Å². The van der Waals surface area contributed by atoms with Crippen LogP contribution in [0.1, 0.15) is 35.1 Å². The number of anilines is 2. The van der Waals surface area contributed by atoms with E-state index in [4.69, 9.17) is 10.1 Å². The largest absolute Gasteiger partial charge is 0.481 e. The number of hydrogen-bond acceptors (Lipinski definition) is 5. The summed E-state index contributed by atoms with van der Waals surface area (Å²) in [4.78, 5) is 18.2. The highest BCUT2D eigenvalue weighted by atomic mass is 32.1. The van der Waals surface area contributed by atoms with Crippen molar-refractivity contribution >= 4 is 44.6 Å². The van der Waals surface area contributed by atoms with Crippen molar-refractivity contribution in [2.75, 3.05) is 11.4 Å². The number of aromatic nitrogens is 1. The summed E-state index contributed by atoms with van der Waals surface area (Å²) in [6.45, 7) is 5.10. The molecule has 40 heavy (non-hydrogen) atoms. The Hall–Kier alpha value is -4.42. The van der Waals surface area contributed by atoms with Gasteiger partial charge in [-0.05, 0) is 70.5 Å². The molecule has 5 nitrogen and oxygen atoms in total. The third-order valence-corrected chi connectivity index (χ3v) is 8.35. The maximum absolute atomic E-state index is 10.8. The minimum absolute atomic E-state index is 0.0574. The lowest BCUT2D eigenvalue weighted by Crippen LogP contribution is -2.17. The minimum Gasteiger partial charge on any atom is -0.481 e. The van der Waals surface area contributed by atoms with E-state index in [1.165, 1.54) is 28.3 Å². The molecule has 4 aromatic carbocycles. The maximum atomic E-state index is 10.8. The van der Waals surface area contributed by atoms with Crippen molar-refractivity contribution in [2.24, 2.45) is 0 Å². The van der Waals surface area contributed by atoms with Crippen molar-refractivity contribution in [3.05, 3.63) is 119 Å². The Balaban J connectivity index is 1.28. The first-order valence-corrected chi connectivity index (χ1v) is 14.5. The fourth-order valence-corrected chi connectivity index (χ4v) is 6.14. The highest BCUT2D eigenvalue weighted by Crippen LogP contribution is 2.36. The molecule has 0 spiro atoms. The molecule has 2 N–H and O–H groups in total. The Kier molecular flexibility index (Phi) is 7.34. The van der Waals surface area contributed by atoms with E-state index >= 15 is 0 Å². The zero-order valence-electron chi connectivity index (χ0n) is 22.3. The second-order valence-electron chi connectivity index (χ2n) is 10.2. The quantitative estimate of drug-likeness (QED) is 0.187. The standard InChI is InChI=1S/C34H31N3O2S/c1-23(35-18-17-33(38)39)25-11-9-24(10-12-25)21-37(31-16-15-27-7-4-8-29(27)20-31)34-36-32(22-40-34)30-14-13-26-5-2-3-6-28(26)19-30/h2-3,5-6,9-16,19-20,22,35H,1,4,7-8,17-18,21H2,(H,38,39). The normalized spacial score (nSPS) is 12.3. The van der Waals surface area contributed by atoms with Gasteiger partial charge in [-0.25, -0.2) is 4.98 Å². The number of thiazole rings is 1. The van der Waals surface area contributed by atoms with Gasteiger partial charge < -0.3 is 15.3 Å². The number of aryl methyl sites for hydroxylation is 2. The Morgan fingerprint density at radius 2 is 1.75 bits per heavy atom. The number of rotatable bonds is 10. The molecule has 6 heteroatoms. The molecular formula is C34H31N3O2S. The van der Waals surface area contributed by atoms with E-state index in [9.17, 15) is 4.79 Å². The highest BCUT2D eigenvalue weighted by Gasteiger charge is 2.19. The maximum Gasteiger partial charge on any atom is 0.305 e. The molecule has 0 fully saturated rings. The first-order valence-electron chi connectivity index (χ1n) is 13.6. The summed E-state index contributed by atoms with van der Waals surface area (Å²) < 4.78 is 0. The zero-order valence-corrected chi connectivity index (χ0v) is 23.1. The van der Waals surface area contributed by atoms with Crippen LogP contribution in [-0.4, -0.2) is 22.6 Å². The number of aliphatic carboxylic acids is 1. The lowest BCUT2D eigenvalue weighted by Gasteiger charge is -2.23. The van der Waals surface area contributed by atoms with E-state index < -0.39 is 5.97 Å². The molecule has 1 heterocycles. The minimum atomic E-state index is -0.826. The molecule has 6 rings (SSSR count). The molecule has 1 aromatic heterocycles. The van der Waals surface area contributed by atoms with Crippen LogP contribution in [0.2, 0.25) is 0 Å². The number of carboxylic acid groups (broad SMARTS) is 1. The zero-order chi connectivity index (χ0) is 27.5.